The van der Waals surface area contributed by atoms with Crippen molar-refractivity contribution in [3.63, 3.8) is 0 Å². The van der Waals surface area contributed by atoms with Gasteiger partial charge in [-0.25, -0.2) is 4.39 Å². The Morgan fingerprint density at radius 3 is 2.71 bits per heavy atom. The van der Waals surface area contributed by atoms with Crippen LogP contribution < -0.4 is 5.32 Å². The summed E-state index contributed by atoms with van der Waals surface area (Å²) in [5.41, 5.74) is 1.15. The molecule has 1 amide bonds. The molecule has 1 N–H and O–H groups in total. The second kappa shape index (κ2) is 7.43. The van der Waals surface area contributed by atoms with Crippen molar-refractivity contribution in [3.05, 3.63) is 35.1 Å². The fourth-order valence-corrected chi connectivity index (χ4v) is 1.96. The highest BCUT2D eigenvalue weighted by atomic mass is 79.9. The summed E-state index contributed by atoms with van der Waals surface area (Å²) >= 11 is 3.35. The maximum absolute atomic E-state index is 13.1. The van der Waals surface area contributed by atoms with Gasteiger partial charge in [-0.15, -0.1) is 0 Å². The van der Waals surface area contributed by atoms with Crippen LogP contribution in [0, 0.1) is 12.7 Å². The SMILES string of the molecule is Cc1cc(F)cc(C(=O)NCCCCCBr)c1. The van der Waals surface area contributed by atoms with Gasteiger partial charge in [0.05, 0.1) is 0 Å². The number of nitrogens with one attached hydrogen (secondary N) is 1. The van der Waals surface area contributed by atoms with Gasteiger partial charge < -0.3 is 5.32 Å². The molecule has 0 fully saturated rings. The maximum Gasteiger partial charge on any atom is 0.251 e. The van der Waals surface area contributed by atoms with Crippen LogP contribution in [0.4, 0.5) is 4.39 Å². The quantitative estimate of drug-likeness (QED) is 0.633. The number of rotatable bonds is 6. The molecule has 0 radical (unpaired) electrons. The molecule has 1 aromatic carbocycles. The molecule has 2 nitrogen and oxygen atoms in total. The van der Waals surface area contributed by atoms with Crippen molar-refractivity contribution in [2.75, 3.05) is 11.9 Å². The number of carbonyl (C=O) groups is 1. The van der Waals surface area contributed by atoms with Crippen molar-refractivity contribution < 1.29 is 9.18 Å². The minimum Gasteiger partial charge on any atom is -0.352 e. The summed E-state index contributed by atoms with van der Waals surface area (Å²) < 4.78 is 13.1. The number of aryl methyl sites for hydroxylation is 1. The molecule has 17 heavy (non-hydrogen) atoms. The average molecular weight is 302 g/mol. The van der Waals surface area contributed by atoms with E-state index in [1.54, 1.807) is 13.0 Å². The summed E-state index contributed by atoms with van der Waals surface area (Å²) in [5.74, 6) is -0.569. The van der Waals surface area contributed by atoms with Crippen LogP contribution in [0.15, 0.2) is 18.2 Å². The molecule has 0 aliphatic heterocycles. The van der Waals surface area contributed by atoms with Crippen molar-refractivity contribution in [1.29, 1.82) is 0 Å². The number of amides is 1. The molecular weight excluding hydrogens is 285 g/mol. The van der Waals surface area contributed by atoms with E-state index in [1.807, 2.05) is 0 Å². The Kier molecular flexibility index (Phi) is 6.19. The summed E-state index contributed by atoms with van der Waals surface area (Å²) in [6.07, 6.45) is 3.13. The lowest BCUT2D eigenvalue weighted by atomic mass is 10.1. The van der Waals surface area contributed by atoms with Crippen LogP contribution in [0.1, 0.15) is 35.2 Å². The number of halogens is 2. The third-order valence-electron chi connectivity index (χ3n) is 2.40. The molecule has 0 aliphatic carbocycles. The van der Waals surface area contributed by atoms with Crippen LogP contribution in [-0.4, -0.2) is 17.8 Å². The van der Waals surface area contributed by atoms with Crippen molar-refractivity contribution in [3.8, 4) is 0 Å². The predicted molar refractivity (Wildman–Crippen MR) is 71.1 cm³/mol. The fraction of sp³-hybridized carbons (Fsp3) is 0.462. The highest BCUT2D eigenvalue weighted by Gasteiger charge is 2.06. The Morgan fingerprint density at radius 2 is 2.06 bits per heavy atom. The Morgan fingerprint density at radius 1 is 1.29 bits per heavy atom. The van der Waals surface area contributed by atoms with Crippen LogP contribution in [0.5, 0.6) is 0 Å². The third-order valence-corrected chi connectivity index (χ3v) is 2.96. The molecule has 0 aromatic heterocycles. The topological polar surface area (TPSA) is 29.1 Å². The zero-order chi connectivity index (χ0) is 12.7. The first kappa shape index (κ1) is 14.2. The van der Waals surface area contributed by atoms with Crippen molar-refractivity contribution >= 4 is 21.8 Å². The normalized spacial score (nSPS) is 10.3. The van der Waals surface area contributed by atoms with Crippen LogP contribution in [0.2, 0.25) is 0 Å². The van der Waals surface area contributed by atoms with E-state index in [9.17, 15) is 9.18 Å². The number of hydrogen-bond acceptors (Lipinski definition) is 1. The second-order valence-electron chi connectivity index (χ2n) is 4.02. The van der Waals surface area contributed by atoms with Gasteiger partial charge in [0.15, 0.2) is 0 Å². The van der Waals surface area contributed by atoms with Gasteiger partial charge in [-0.2, -0.15) is 0 Å². The summed E-state index contributed by atoms with van der Waals surface area (Å²) in [4.78, 5) is 11.7. The summed E-state index contributed by atoms with van der Waals surface area (Å²) in [6.45, 7) is 2.41. The van der Waals surface area contributed by atoms with E-state index in [-0.39, 0.29) is 11.7 Å². The summed E-state index contributed by atoms with van der Waals surface area (Å²) in [5, 5.41) is 3.78. The fourth-order valence-electron chi connectivity index (χ4n) is 1.57. The minimum atomic E-state index is -0.366. The monoisotopic (exact) mass is 301 g/mol. The van der Waals surface area contributed by atoms with E-state index in [0.717, 1.165) is 30.2 Å². The molecule has 0 saturated carbocycles. The number of carbonyl (C=O) groups excluding carboxylic acids is 1. The van der Waals surface area contributed by atoms with Gasteiger partial charge in [0.1, 0.15) is 5.82 Å². The van der Waals surface area contributed by atoms with Crippen LogP contribution in [0.3, 0.4) is 0 Å². The highest BCUT2D eigenvalue weighted by molar-refractivity contribution is 9.09. The van der Waals surface area contributed by atoms with Crippen LogP contribution in [-0.2, 0) is 0 Å². The van der Waals surface area contributed by atoms with E-state index in [2.05, 4.69) is 21.2 Å². The van der Waals surface area contributed by atoms with Crippen LogP contribution >= 0.6 is 15.9 Å². The number of unbranched alkanes of at least 4 members (excludes halogenated alkanes) is 2. The van der Waals surface area contributed by atoms with E-state index < -0.39 is 0 Å². The second-order valence-corrected chi connectivity index (χ2v) is 4.82. The molecule has 0 saturated heterocycles. The molecule has 0 unspecified atom stereocenters. The first-order valence-electron chi connectivity index (χ1n) is 5.75. The standard InChI is InChI=1S/C13H17BrFNO/c1-10-7-11(9-12(15)8-10)13(17)16-6-4-2-3-5-14/h7-9H,2-6H2,1H3,(H,16,17). The van der Waals surface area contributed by atoms with Crippen molar-refractivity contribution in [2.45, 2.75) is 26.2 Å². The lowest BCUT2D eigenvalue weighted by Crippen LogP contribution is -2.24. The smallest absolute Gasteiger partial charge is 0.251 e. The molecule has 0 atom stereocenters. The van der Waals surface area contributed by atoms with E-state index in [0.29, 0.717) is 12.1 Å². The molecular formula is C13H17BrFNO. The largest absolute Gasteiger partial charge is 0.352 e. The molecule has 0 bridgehead atoms. The zero-order valence-corrected chi connectivity index (χ0v) is 11.5. The molecule has 4 heteroatoms. The Bertz CT molecular complexity index is 361. The molecule has 0 aliphatic rings. The van der Waals surface area contributed by atoms with E-state index >= 15 is 0 Å². The van der Waals surface area contributed by atoms with Crippen LogP contribution in [0.25, 0.3) is 0 Å². The van der Waals surface area contributed by atoms with E-state index in [4.69, 9.17) is 0 Å². The number of hydrogen-bond donors (Lipinski definition) is 1. The Balaban J connectivity index is 2.41. The molecule has 1 aromatic rings. The molecule has 1 rings (SSSR count). The third kappa shape index (κ3) is 5.31. The molecule has 94 valence electrons. The van der Waals surface area contributed by atoms with Crippen molar-refractivity contribution in [2.24, 2.45) is 0 Å². The van der Waals surface area contributed by atoms with Crippen molar-refractivity contribution in [1.82, 2.24) is 5.32 Å². The number of alkyl halides is 1. The van der Waals surface area contributed by atoms with Gasteiger partial charge in [0.2, 0.25) is 0 Å². The first-order valence-corrected chi connectivity index (χ1v) is 6.87. The average Bonchev–Trinajstić information content (AvgIpc) is 2.27. The molecule has 0 heterocycles. The minimum absolute atomic E-state index is 0.202. The Labute approximate surface area is 110 Å². The van der Waals surface area contributed by atoms with Gasteiger partial charge in [-0.1, -0.05) is 22.4 Å². The number of benzene rings is 1. The lowest BCUT2D eigenvalue weighted by molar-refractivity contribution is 0.0952. The summed E-state index contributed by atoms with van der Waals surface area (Å²) in [7, 11) is 0. The van der Waals surface area contributed by atoms with Gasteiger partial charge >= 0.3 is 0 Å². The van der Waals surface area contributed by atoms with E-state index in [1.165, 1.54) is 12.1 Å². The predicted octanol–water partition coefficient (Wildman–Crippen LogP) is 3.43. The van der Waals surface area contributed by atoms with Gasteiger partial charge in [-0.3, -0.25) is 4.79 Å². The summed E-state index contributed by atoms with van der Waals surface area (Å²) in [6, 6.07) is 4.37. The van der Waals surface area contributed by atoms with Gasteiger partial charge in [0.25, 0.3) is 5.91 Å². The highest BCUT2D eigenvalue weighted by Crippen LogP contribution is 2.08. The lowest BCUT2D eigenvalue weighted by Gasteiger charge is -2.06. The first-order chi connectivity index (χ1) is 8.13. The zero-order valence-electron chi connectivity index (χ0n) is 9.93. The van der Waals surface area contributed by atoms with Gasteiger partial charge in [-0.05, 0) is 43.5 Å². The Hall–Kier alpha value is -0.900. The molecule has 0 spiro atoms. The maximum atomic E-state index is 13.1. The van der Waals surface area contributed by atoms with Gasteiger partial charge in [0, 0.05) is 17.4 Å².